The first-order valence-electron chi connectivity index (χ1n) is 37.8. The summed E-state index contributed by atoms with van der Waals surface area (Å²) in [5.74, 6) is -0.334. The van der Waals surface area contributed by atoms with E-state index in [4.69, 9.17) is 14.2 Å². The molecule has 0 fully saturated rings. The van der Waals surface area contributed by atoms with Crippen LogP contribution in [0.2, 0.25) is 0 Å². The Morgan fingerprint density at radius 2 is 0.586 bits per heavy atom. The quantitative estimate of drug-likeness (QED) is 0.0302. The smallest absolute Gasteiger partial charge is 0.308 e. The Labute approximate surface area is 537 Å². The van der Waals surface area contributed by atoms with Crippen LogP contribution < -0.4 is 10.6 Å². The highest BCUT2D eigenvalue weighted by Gasteiger charge is 2.20. The number of rotatable bonds is 71. The van der Waals surface area contributed by atoms with Crippen molar-refractivity contribution in [1.82, 2.24) is 20.4 Å². The minimum atomic E-state index is -0.113. The third-order valence-electron chi connectivity index (χ3n) is 17.5. The number of hydrogen-bond donors (Lipinski definition) is 3. The van der Waals surface area contributed by atoms with E-state index in [0.717, 1.165) is 193 Å². The van der Waals surface area contributed by atoms with Crippen LogP contribution in [-0.2, 0) is 38.2 Å². The Hall–Kier alpha value is -2.77. The van der Waals surface area contributed by atoms with E-state index in [1.54, 1.807) is 0 Å². The van der Waals surface area contributed by atoms with Crippen molar-refractivity contribution in [2.24, 2.45) is 5.92 Å². The summed E-state index contributed by atoms with van der Waals surface area (Å²) >= 11 is 0. The molecular formula is C74H144N4O9. The molecule has 0 radical (unpaired) electrons. The summed E-state index contributed by atoms with van der Waals surface area (Å²) < 4.78 is 17.0. The molecule has 0 aliphatic heterocycles. The van der Waals surface area contributed by atoms with Crippen molar-refractivity contribution in [1.29, 1.82) is 0 Å². The number of aliphatic hydroxyl groups is 1. The average Bonchev–Trinajstić information content (AvgIpc) is 3.56. The first kappa shape index (κ1) is 84.2. The van der Waals surface area contributed by atoms with Gasteiger partial charge in [0.25, 0.3) is 0 Å². The minimum absolute atomic E-state index is 0.0233. The van der Waals surface area contributed by atoms with E-state index < -0.39 is 0 Å². The molecule has 0 saturated carbocycles. The zero-order valence-corrected chi connectivity index (χ0v) is 57.9. The summed E-state index contributed by atoms with van der Waals surface area (Å²) in [6.45, 7) is 17.0. The van der Waals surface area contributed by atoms with Gasteiger partial charge in [-0.25, -0.2) is 0 Å². The molecule has 0 aliphatic carbocycles. The molecule has 0 aromatic carbocycles. The summed E-state index contributed by atoms with van der Waals surface area (Å²) in [7, 11) is 0. The Balaban J connectivity index is 4.96. The van der Waals surface area contributed by atoms with Crippen molar-refractivity contribution >= 4 is 29.7 Å². The Kier molecular flexibility index (Phi) is 66.9. The van der Waals surface area contributed by atoms with Crippen molar-refractivity contribution in [3.63, 3.8) is 0 Å². The minimum Gasteiger partial charge on any atom is -0.466 e. The third-order valence-corrected chi connectivity index (χ3v) is 17.5. The predicted octanol–water partition coefficient (Wildman–Crippen LogP) is 18.4. The lowest BCUT2D eigenvalue weighted by atomic mass is 9.94. The largest absolute Gasteiger partial charge is 0.466 e. The molecule has 13 heteroatoms. The van der Waals surface area contributed by atoms with Gasteiger partial charge in [0.1, 0.15) is 0 Å². The lowest BCUT2D eigenvalue weighted by Gasteiger charge is -2.23. The zero-order chi connectivity index (χ0) is 63.4. The highest BCUT2D eigenvalue weighted by Crippen LogP contribution is 2.22. The second kappa shape index (κ2) is 69.1. The third kappa shape index (κ3) is 63.2. The topological polar surface area (TPSA) is 164 Å². The van der Waals surface area contributed by atoms with E-state index in [2.05, 4.69) is 48.1 Å². The lowest BCUT2D eigenvalue weighted by molar-refractivity contribution is -0.149. The summed E-state index contributed by atoms with van der Waals surface area (Å²) in [5, 5.41) is 15.3. The van der Waals surface area contributed by atoms with E-state index in [1.165, 1.54) is 154 Å². The number of ether oxygens (including phenoxy) is 3. The molecule has 0 heterocycles. The van der Waals surface area contributed by atoms with Crippen LogP contribution in [0.1, 0.15) is 362 Å². The fourth-order valence-electron chi connectivity index (χ4n) is 11.6. The maximum absolute atomic E-state index is 13.3. The highest BCUT2D eigenvalue weighted by molar-refractivity contribution is 5.83. The molecule has 0 aromatic rings. The highest BCUT2D eigenvalue weighted by atomic mass is 16.5. The van der Waals surface area contributed by atoms with Crippen molar-refractivity contribution in [2.75, 3.05) is 78.8 Å². The molecule has 0 aliphatic rings. The maximum Gasteiger partial charge on any atom is 0.308 e. The summed E-state index contributed by atoms with van der Waals surface area (Å²) in [5.41, 5.74) is 0. The molecule has 3 N–H and O–H groups in total. The number of hydrogen-bond acceptors (Lipinski definition) is 11. The van der Waals surface area contributed by atoms with Gasteiger partial charge in [-0.05, 0) is 103 Å². The van der Waals surface area contributed by atoms with Crippen LogP contribution >= 0.6 is 0 Å². The molecule has 0 aromatic heterocycles. The van der Waals surface area contributed by atoms with Crippen LogP contribution in [0.5, 0.6) is 0 Å². The molecule has 87 heavy (non-hydrogen) atoms. The van der Waals surface area contributed by atoms with Gasteiger partial charge in [-0.15, -0.1) is 0 Å². The van der Waals surface area contributed by atoms with Crippen LogP contribution in [0.25, 0.3) is 0 Å². The standard InChI is InChI=1S/C74H144N4O9/c1-5-9-13-17-21-23-25-34-48-66-85-72(82)53-41-37-45-61-77(59-43-31-27-33-47-65-79)63-57-75-70(80)55-56-71(81)76-58-64-78(62-46-38-42-54-73(83)86-67-49-35-26-24-22-18-14-10-6-2)60-44-32-28-36-50-68-87-74(84)69(51-39-29-19-15-11-7-3)52-40-30-20-16-12-8-4/h69,79H,5-68H2,1-4H3,(H,75,80)(H,76,81). The molecule has 0 atom stereocenters. The Bertz CT molecular complexity index is 1490. The molecule has 0 spiro atoms. The van der Waals surface area contributed by atoms with Gasteiger partial charge in [-0.3, -0.25) is 24.0 Å². The monoisotopic (exact) mass is 1230 g/mol. The number of nitrogens with one attached hydrogen (secondary N) is 2. The van der Waals surface area contributed by atoms with Crippen molar-refractivity contribution in [3.05, 3.63) is 0 Å². The second-order valence-corrected chi connectivity index (χ2v) is 25.8. The zero-order valence-electron chi connectivity index (χ0n) is 57.9. The number of esters is 3. The Morgan fingerprint density at radius 3 is 0.920 bits per heavy atom. The number of aliphatic hydroxyl groups excluding tert-OH is 1. The SMILES string of the molecule is CCCCCCCCCCCOC(=O)CCCCCN(CCCCCCCO)CCNC(=O)CCC(=O)NCCN(CCCCCCCOC(=O)C(CCCCCCCC)CCCCCCCC)CCCCCC(=O)OCCCCCCCCCCC. The normalized spacial score (nSPS) is 11.5. The second-order valence-electron chi connectivity index (χ2n) is 25.8. The number of nitrogens with zero attached hydrogens (tertiary/aromatic N) is 2. The van der Waals surface area contributed by atoms with Crippen LogP contribution in [0.4, 0.5) is 0 Å². The number of amides is 2. The van der Waals surface area contributed by atoms with Gasteiger partial charge in [0.15, 0.2) is 0 Å². The fourth-order valence-corrected chi connectivity index (χ4v) is 11.6. The van der Waals surface area contributed by atoms with Crippen LogP contribution in [0.3, 0.4) is 0 Å². The number of carbonyl (C=O) groups excluding carboxylic acids is 5. The Morgan fingerprint density at radius 1 is 0.310 bits per heavy atom. The van der Waals surface area contributed by atoms with Gasteiger partial charge < -0.3 is 39.8 Å². The summed E-state index contributed by atoms with van der Waals surface area (Å²) in [4.78, 5) is 68.9. The first-order valence-corrected chi connectivity index (χ1v) is 37.8. The molecule has 514 valence electrons. The van der Waals surface area contributed by atoms with Crippen LogP contribution in [0, 0.1) is 5.92 Å². The van der Waals surface area contributed by atoms with E-state index in [-0.39, 0.29) is 55.1 Å². The van der Waals surface area contributed by atoms with Gasteiger partial charge in [-0.1, -0.05) is 259 Å². The lowest BCUT2D eigenvalue weighted by Crippen LogP contribution is -2.37. The predicted molar refractivity (Wildman–Crippen MR) is 365 cm³/mol. The fraction of sp³-hybridized carbons (Fsp3) is 0.932. The molecule has 0 unspecified atom stereocenters. The molecule has 0 bridgehead atoms. The van der Waals surface area contributed by atoms with Gasteiger partial charge >= 0.3 is 17.9 Å². The van der Waals surface area contributed by atoms with Gasteiger partial charge in [0.05, 0.1) is 25.7 Å². The van der Waals surface area contributed by atoms with E-state index in [1.807, 2.05) is 0 Å². The summed E-state index contributed by atoms with van der Waals surface area (Å²) in [6.07, 6.45) is 56.2. The van der Waals surface area contributed by atoms with Crippen LogP contribution in [0.15, 0.2) is 0 Å². The molecular weight excluding hydrogens is 1090 g/mol. The van der Waals surface area contributed by atoms with Crippen molar-refractivity contribution in [3.8, 4) is 0 Å². The first-order chi connectivity index (χ1) is 42.7. The molecule has 2 amide bonds. The van der Waals surface area contributed by atoms with Gasteiger partial charge in [0.2, 0.25) is 11.8 Å². The molecule has 13 nitrogen and oxygen atoms in total. The maximum atomic E-state index is 13.3. The van der Waals surface area contributed by atoms with Crippen molar-refractivity contribution in [2.45, 2.75) is 362 Å². The van der Waals surface area contributed by atoms with E-state index in [0.29, 0.717) is 45.8 Å². The summed E-state index contributed by atoms with van der Waals surface area (Å²) in [6, 6.07) is 0. The van der Waals surface area contributed by atoms with Gasteiger partial charge in [-0.2, -0.15) is 0 Å². The average molecular weight is 1230 g/mol. The molecule has 0 rings (SSSR count). The van der Waals surface area contributed by atoms with Crippen LogP contribution in [-0.4, -0.2) is 123 Å². The number of unbranched alkanes of at least 4 members (excludes halogenated alkanes) is 38. The number of carbonyl (C=O) groups is 5. The van der Waals surface area contributed by atoms with Crippen molar-refractivity contribution < 1.29 is 43.3 Å². The molecule has 0 saturated heterocycles. The van der Waals surface area contributed by atoms with E-state index >= 15 is 0 Å². The van der Waals surface area contributed by atoms with Gasteiger partial charge in [0, 0.05) is 58.5 Å². The van der Waals surface area contributed by atoms with E-state index in [9.17, 15) is 29.1 Å².